The Labute approximate surface area is 79.9 Å². The molecule has 5 nitrogen and oxygen atoms in total. The number of hydrogen-bond acceptors (Lipinski definition) is 4. The monoisotopic (exact) mass is 191 g/mol. The van der Waals surface area contributed by atoms with Gasteiger partial charge in [-0.15, -0.1) is 0 Å². The Morgan fingerprint density at radius 3 is 3.07 bits per heavy atom. The van der Waals surface area contributed by atoms with Crippen LogP contribution in [0.5, 0.6) is 0 Å². The summed E-state index contributed by atoms with van der Waals surface area (Å²) in [7, 11) is 1.31. The molecule has 2 heterocycles. The lowest BCUT2D eigenvalue weighted by molar-refractivity contribution is 0.0596. The number of H-pyrrole nitrogens is 1. The van der Waals surface area contributed by atoms with Crippen molar-refractivity contribution in [1.82, 2.24) is 9.97 Å². The molecule has 2 rings (SSSR count). The zero-order valence-corrected chi connectivity index (χ0v) is 7.57. The van der Waals surface area contributed by atoms with Gasteiger partial charge in [-0.2, -0.15) is 0 Å². The van der Waals surface area contributed by atoms with Crippen LogP contribution >= 0.6 is 0 Å². The van der Waals surface area contributed by atoms with Crippen molar-refractivity contribution in [2.24, 2.45) is 0 Å². The van der Waals surface area contributed by atoms with E-state index in [-0.39, 0.29) is 5.69 Å². The van der Waals surface area contributed by atoms with E-state index in [0.717, 1.165) is 5.39 Å². The number of methoxy groups -OCH3 is 1. The minimum Gasteiger partial charge on any atom is -0.464 e. The number of nitrogens with two attached hydrogens (primary N) is 1. The molecule has 3 N–H and O–H groups in total. The maximum atomic E-state index is 11.2. The third-order valence-corrected chi connectivity index (χ3v) is 2.00. The molecule has 14 heavy (non-hydrogen) atoms. The van der Waals surface area contributed by atoms with Crippen molar-refractivity contribution < 1.29 is 9.53 Å². The first kappa shape index (κ1) is 8.55. The molecule has 72 valence electrons. The predicted molar refractivity (Wildman–Crippen MR) is 51.8 cm³/mol. The van der Waals surface area contributed by atoms with E-state index in [2.05, 4.69) is 14.7 Å². The summed E-state index contributed by atoms with van der Waals surface area (Å²) in [6.45, 7) is 0. The molecule has 0 saturated carbocycles. The van der Waals surface area contributed by atoms with Gasteiger partial charge in [0.15, 0.2) is 5.69 Å². The highest BCUT2D eigenvalue weighted by atomic mass is 16.5. The molecule has 0 aliphatic carbocycles. The Balaban J connectivity index is 2.68. The Hall–Kier alpha value is -2.04. The van der Waals surface area contributed by atoms with Gasteiger partial charge < -0.3 is 15.5 Å². The Morgan fingerprint density at radius 1 is 1.64 bits per heavy atom. The molecule has 0 bridgehead atoms. The molecular formula is C9H9N3O2. The molecule has 0 aliphatic rings. The van der Waals surface area contributed by atoms with Crippen LogP contribution in [0.15, 0.2) is 18.3 Å². The third kappa shape index (κ3) is 1.10. The second-order valence-corrected chi connectivity index (χ2v) is 2.80. The van der Waals surface area contributed by atoms with Gasteiger partial charge in [0.25, 0.3) is 0 Å². The van der Waals surface area contributed by atoms with E-state index in [1.54, 1.807) is 18.3 Å². The number of hydrogen-bond donors (Lipinski definition) is 2. The van der Waals surface area contributed by atoms with Gasteiger partial charge in [0.1, 0.15) is 5.65 Å². The van der Waals surface area contributed by atoms with E-state index >= 15 is 0 Å². The first-order chi connectivity index (χ1) is 6.74. The smallest absolute Gasteiger partial charge is 0.356 e. The number of nitrogens with one attached hydrogen (secondary N) is 1. The summed E-state index contributed by atoms with van der Waals surface area (Å²) in [5.74, 6) is -0.486. The summed E-state index contributed by atoms with van der Waals surface area (Å²) in [5, 5.41) is 0.730. The molecule has 0 unspecified atom stereocenters. The molecule has 0 radical (unpaired) electrons. The van der Waals surface area contributed by atoms with Crippen LogP contribution < -0.4 is 5.73 Å². The molecule has 0 amide bonds. The van der Waals surface area contributed by atoms with Crippen LogP contribution in [0.1, 0.15) is 10.5 Å². The molecule has 0 saturated heterocycles. The molecule has 5 heteroatoms. The second-order valence-electron chi connectivity index (χ2n) is 2.80. The van der Waals surface area contributed by atoms with Crippen LogP contribution in [-0.2, 0) is 4.74 Å². The van der Waals surface area contributed by atoms with Crippen molar-refractivity contribution in [3.63, 3.8) is 0 Å². The fraction of sp³-hybridized carbons (Fsp3) is 0.111. The fourth-order valence-electron chi connectivity index (χ4n) is 1.31. The topological polar surface area (TPSA) is 81.0 Å². The lowest BCUT2D eigenvalue weighted by Crippen LogP contribution is -2.04. The molecule has 2 aromatic rings. The van der Waals surface area contributed by atoms with Crippen LogP contribution in [0, 0.1) is 0 Å². The molecular weight excluding hydrogens is 182 g/mol. The number of ether oxygens (including phenoxy) is 1. The van der Waals surface area contributed by atoms with E-state index < -0.39 is 5.97 Å². The first-order valence-electron chi connectivity index (χ1n) is 4.04. The summed E-state index contributed by atoms with van der Waals surface area (Å²) in [4.78, 5) is 18.1. The zero-order chi connectivity index (χ0) is 10.1. The molecule has 0 aliphatic heterocycles. The molecule has 0 atom stereocenters. The lowest BCUT2D eigenvalue weighted by Gasteiger charge is -1.95. The van der Waals surface area contributed by atoms with Gasteiger partial charge >= 0.3 is 5.97 Å². The van der Waals surface area contributed by atoms with Crippen molar-refractivity contribution in [3.05, 3.63) is 24.0 Å². The maximum absolute atomic E-state index is 11.2. The Kier molecular flexibility index (Phi) is 1.85. The second kappa shape index (κ2) is 3.02. The number of esters is 1. The minimum atomic E-state index is -0.486. The number of carbonyl (C=O) groups excluding carboxylic acids is 1. The number of aromatic amines is 1. The van der Waals surface area contributed by atoms with Crippen LogP contribution in [-0.4, -0.2) is 23.0 Å². The van der Waals surface area contributed by atoms with Crippen molar-refractivity contribution in [3.8, 4) is 0 Å². The van der Waals surface area contributed by atoms with E-state index in [9.17, 15) is 4.79 Å². The number of pyridine rings is 1. The largest absolute Gasteiger partial charge is 0.464 e. The SMILES string of the molecule is COC(=O)c1[nH]c2ncccc2c1N. The summed E-state index contributed by atoms with van der Waals surface area (Å²) in [6.07, 6.45) is 1.62. The van der Waals surface area contributed by atoms with E-state index in [1.807, 2.05) is 0 Å². The van der Waals surface area contributed by atoms with Gasteiger partial charge in [0.2, 0.25) is 0 Å². The molecule has 0 fully saturated rings. The number of aromatic nitrogens is 2. The lowest BCUT2D eigenvalue weighted by atomic mass is 10.3. The number of anilines is 1. The van der Waals surface area contributed by atoms with Crippen molar-refractivity contribution in [2.75, 3.05) is 12.8 Å². The van der Waals surface area contributed by atoms with Gasteiger partial charge in [0.05, 0.1) is 12.8 Å². The number of nitrogens with zero attached hydrogens (tertiary/aromatic N) is 1. The van der Waals surface area contributed by atoms with Gasteiger partial charge in [0, 0.05) is 11.6 Å². The summed E-state index contributed by atoms with van der Waals surface area (Å²) in [5.41, 5.74) is 6.96. The quantitative estimate of drug-likeness (QED) is 0.657. The average molecular weight is 191 g/mol. The molecule has 0 aromatic carbocycles. The Morgan fingerprint density at radius 2 is 2.43 bits per heavy atom. The predicted octanol–water partition coefficient (Wildman–Crippen LogP) is 0.932. The van der Waals surface area contributed by atoms with Crippen molar-refractivity contribution >= 4 is 22.7 Å². The average Bonchev–Trinajstić information content (AvgIpc) is 2.56. The van der Waals surface area contributed by atoms with E-state index in [1.165, 1.54) is 7.11 Å². The van der Waals surface area contributed by atoms with Gasteiger partial charge in [-0.05, 0) is 12.1 Å². The standard InChI is InChI=1S/C9H9N3O2/c1-14-9(13)7-6(10)5-3-2-4-11-8(5)12-7/h2-4H,10H2,1H3,(H,11,12). The number of nitrogen functional groups attached to an aromatic ring is 1. The van der Waals surface area contributed by atoms with Gasteiger partial charge in [-0.1, -0.05) is 0 Å². The van der Waals surface area contributed by atoms with Crippen LogP contribution in [0.25, 0.3) is 11.0 Å². The molecule has 2 aromatic heterocycles. The highest BCUT2D eigenvalue weighted by Crippen LogP contribution is 2.23. The maximum Gasteiger partial charge on any atom is 0.356 e. The minimum absolute atomic E-state index is 0.251. The summed E-state index contributed by atoms with van der Waals surface area (Å²) >= 11 is 0. The number of carbonyl (C=O) groups is 1. The Bertz CT molecular complexity index is 490. The fourth-order valence-corrected chi connectivity index (χ4v) is 1.31. The van der Waals surface area contributed by atoms with Crippen LogP contribution in [0.3, 0.4) is 0 Å². The van der Waals surface area contributed by atoms with Crippen molar-refractivity contribution in [1.29, 1.82) is 0 Å². The highest BCUT2D eigenvalue weighted by Gasteiger charge is 2.15. The highest BCUT2D eigenvalue weighted by molar-refractivity contribution is 6.04. The van der Waals surface area contributed by atoms with E-state index in [0.29, 0.717) is 11.3 Å². The molecule has 0 spiro atoms. The number of fused-ring (bicyclic) bond motifs is 1. The third-order valence-electron chi connectivity index (χ3n) is 2.00. The van der Waals surface area contributed by atoms with Crippen molar-refractivity contribution in [2.45, 2.75) is 0 Å². The first-order valence-corrected chi connectivity index (χ1v) is 4.04. The summed E-state index contributed by atoms with van der Waals surface area (Å²) < 4.78 is 4.57. The van der Waals surface area contributed by atoms with Crippen LogP contribution in [0.4, 0.5) is 5.69 Å². The normalized spacial score (nSPS) is 10.4. The number of rotatable bonds is 1. The van der Waals surface area contributed by atoms with Gasteiger partial charge in [-0.3, -0.25) is 0 Å². The summed E-state index contributed by atoms with van der Waals surface area (Å²) in [6, 6.07) is 3.55. The zero-order valence-electron chi connectivity index (χ0n) is 7.57. The van der Waals surface area contributed by atoms with E-state index in [4.69, 9.17) is 5.73 Å². The van der Waals surface area contributed by atoms with Gasteiger partial charge in [-0.25, -0.2) is 9.78 Å². The van der Waals surface area contributed by atoms with Crippen LogP contribution in [0.2, 0.25) is 0 Å².